The summed E-state index contributed by atoms with van der Waals surface area (Å²) < 4.78 is 36.9. The second-order valence-electron chi connectivity index (χ2n) is 4.34. The van der Waals surface area contributed by atoms with Gasteiger partial charge in [-0.3, -0.25) is 0 Å². The summed E-state index contributed by atoms with van der Waals surface area (Å²) in [5.74, 6) is -2.73. The molecule has 1 aliphatic rings. The quantitative estimate of drug-likeness (QED) is 0.438. The molecule has 0 bridgehead atoms. The highest BCUT2D eigenvalue weighted by atomic mass is 19.3. The van der Waals surface area contributed by atoms with Crippen molar-refractivity contribution < 1.29 is 18.3 Å². The summed E-state index contributed by atoms with van der Waals surface area (Å²) in [6, 6.07) is 6.59. The Bertz CT molecular complexity index is 411. The number of hydrogen-bond donors (Lipinski definition) is 0. The Labute approximate surface area is 100 Å². The van der Waals surface area contributed by atoms with E-state index in [1.165, 1.54) is 7.11 Å². The molecule has 0 heterocycles. The Morgan fingerprint density at radius 3 is 2.65 bits per heavy atom. The predicted molar refractivity (Wildman–Crippen MR) is 60.9 cm³/mol. The maximum Gasteiger partial charge on any atom is 0.261 e. The third-order valence-electron chi connectivity index (χ3n) is 3.09. The van der Waals surface area contributed by atoms with Crippen LogP contribution < -0.4 is 5.46 Å². The monoisotopic (exact) mass is 238 g/mol. The average molecular weight is 238 g/mol. The second kappa shape index (κ2) is 4.39. The van der Waals surface area contributed by atoms with Crippen molar-refractivity contribution in [2.24, 2.45) is 0 Å². The number of methoxy groups -OCH3 is 1. The van der Waals surface area contributed by atoms with Crippen molar-refractivity contribution in [2.45, 2.75) is 17.8 Å². The Hall–Kier alpha value is -0.935. The smallest absolute Gasteiger partial charge is 0.261 e. The zero-order valence-electron chi connectivity index (χ0n) is 9.58. The minimum absolute atomic E-state index is 0.0140. The normalized spacial score (nSPS) is 25.8. The zero-order valence-corrected chi connectivity index (χ0v) is 9.58. The summed E-state index contributed by atoms with van der Waals surface area (Å²) in [5.41, 5.74) is -0.226. The van der Waals surface area contributed by atoms with E-state index in [1.54, 1.807) is 24.3 Å². The lowest BCUT2D eigenvalue weighted by Crippen LogP contribution is -2.25. The highest BCUT2D eigenvalue weighted by Gasteiger charge is 2.72. The molecule has 0 saturated heterocycles. The SMILES string of the molecule is [B]c1cccc(C2(COCOC)CC2(F)F)c1. The molecule has 17 heavy (non-hydrogen) atoms. The van der Waals surface area contributed by atoms with Gasteiger partial charge in [0, 0.05) is 13.5 Å². The van der Waals surface area contributed by atoms with Crippen molar-refractivity contribution in [2.75, 3.05) is 20.5 Å². The summed E-state index contributed by atoms with van der Waals surface area (Å²) in [5, 5.41) is 0. The van der Waals surface area contributed by atoms with Crippen LogP contribution in [0.2, 0.25) is 0 Å². The van der Waals surface area contributed by atoms with Crippen molar-refractivity contribution in [3.05, 3.63) is 29.8 Å². The lowest BCUT2D eigenvalue weighted by atomic mass is 9.88. The molecule has 2 radical (unpaired) electrons. The van der Waals surface area contributed by atoms with Crippen LogP contribution >= 0.6 is 0 Å². The predicted octanol–water partition coefficient (Wildman–Crippen LogP) is 1.38. The van der Waals surface area contributed by atoms with Crippen LogP contribution in [0.3, 0.4) is 0 Å². The first-order valence-corrected chi connectivity index (χ1v) is 5.32. The highest BCUT2D eigenvalue weighted by Crippen LogP contribution is 2.61. The van der Waals surface area contributed by atoms with Crippen LogP contribution in [0.1, 0.15) is 12.0 Å². The van der Waals surface area contributed by atoms with Crippen LogP contribution in [0.25, 0.3) is 0 Å². The van der Waals surface area contributed by atoms with Crippen LogP contribution in [0.5, 0.6) is 0 Å². The van der Waals surface area contributed by atoms with E-state index < -0.39 is 11.3 Å². The van der Waals surface area contributed by atoms with Crippen molar-refractivity contribution in [1.29, 1.82) is 0 Å². The summed E-state index contributed by atoms with van der Waals surface area (Å²) in [6.07, 6.45) is -0.201. The standard InChI is InChI=1S/C12H13BF2O2/c1-16-8-17-7-11(6-12(11,14)15)9-3-2-4-10(13)5-9/h2-5H,6-8H2,1H3. The molecular formula is C12H13BF2O2. The van der Waals surface area contributed by atoms with Gasteiger partial charge in [0.05, 0.1) is 12.0 Å². The van der Waals surface area contributed by atoms with E-state index in [0.29, 0.717) is 11.0 Å². The topological polar surface area (TPSA) is 18.5 Å². The van der Waals surface area contributed by atoms with Gasteiger partial charge in [0.2, 0.25) is 0 Å². The lowest BCUT2D eigenvalue weighted by molar-refractivity contribution is -0.0517. The van der Waals surface area contributed by atoms with Gasteiger partial charge in [0.15, 0.2) is 0 Å². The molecule has 0 spiro atoms. The Kier molecular flexibility index (Phi) is 3.23. The molecule has 2 rings (SSSR count). The van der Waals surface area contributed by atoms with Crippen LogP contribution in [-0.4, -0.2) is 34.3 Å². The molecule has 0 N–H and O–H groups in total. The van der Waals surface area contributed by atoms with E-state index in [-0.39, 0.29) is 19.8 Å². The Morgan fingerprint density at radius 1 is 1.41 bits per heavy atom. The first-order chi connectivity index (χ1) is 8.02. The van der Waals surface area contributed by atoms with Gasteiger partial charge in [0.25, 0.3) is 5.92 Å². The van der Waals surface area contributed by atoms with Gasteiger partial charge in [-0.15, -0.1) is 0 Å². The number of rotatable bonds is 5. The first-order valence-electron chi connectivity index (χ1n) is 5.32. The molecule has 0 aliphatic heterocycles. The lowest BCUT2D eigenvalue weighted by Gasteiger charge is -2.17. The second-order valence-corrected chi connectivity index (χ2v) is 4.34. The van der Waals surface area contributed by atoms with Crippen LogP contribution in [0, 0.1) is 0 Å². The van der Waals surface area contributed by atoms with Gasteiger partial charge in [-0.2, -0.15) is 0 Å². The molecule has 0 amide bonds. The molecule has 2 nitrogen and oxygen atoms in total. The summed E-state index contributed by atoms with van der Waals surface area (Å²) in [6.45, 7) is -0.0442. The molecule has 5 heteroatoms. The fourth-order valence-corrected chi connectivity index (χ4v) is 2.02. The zero-order chi connectivity index (χ0) is 12.5. The van der Waals surface area contributed by atoms with Crippen molar-refractivity contribution >= 4 is 13.3 Å². The molecule has 1 atom stereocenters. The van der Waals surface area contributed by atoms with Gasteiger partial charge in [0.1, 0.15) is 14.6 Å². The van der Waals surface area contributed by atoms with Crippen LogP contribution in [0.4, 0.5) is 8.78 Å². The number of hydrogen-bond acceptors (Lipinski definition) is 2. The fraction of sp³-hybridized carbons (Fsp3) is 0.500. The molecule has 90 valence electrons. The van der Waals surface area contributed by atoms with Crippen molar-refractivity contribution in [1.82, 2.24) is 0 Å². The number of ether oxygens (including phenoxy) is 2. The molecule has 1 aromatic rings. The maximum absolute atomic E-state index is 13.5. The minimum Gasteiger partial charge on any atom is -0.359 e. The van der Waals surface area contributed by atoms with Gasteiger partial charge in [-0.05, 0) is 5.56 Å². The largest absolute Gasteiger partial charge is 0.359 e. The van der Waals surface area contributed by atoms with Crippen molar-refractivity contribution in [3.8, 4) is 0 Å². The fourth-order valence-electron chi connectivity index (χ4n) is 2.02. The van der Waals surface area contributed by atoms with E-state index in [4.69, 9.17) is 17.3 Å². The van der Waals surface area contributed by atoms with Crippen molar-refractivity contribution in [3.63, 3.8) is 0 Å². The molecule has 1 aliphatic carbocycles. The number of alkyl halides is 2. The van der Waals surface area contributed by atoms with Gasteiger partial charge >= 0.3 is 0 Å². The minimum atomic E-state index is -2.73. The third kappa shape index (κ3) is 2.22. The van der Waals surface area contributed by atoms with E-state index in [0.717, 1.165) is 0 Å². The summed E-state index contributed by atoms with van der Waals surface area (Å²) >= 11 is 0. The van der Waals surface area contributed by atoms with Gasteiger partial charge in [-0.25, -0.2) is 8.78 Å². The average Bonchev–Trinajstić information content (AvgIpc) is 2.83. The molecular weight excluding hydrogens is 225 g/mol. The molecule has 1 saturated carbocycles. The molecule has 0 aromatic heterocycles. The molecule has 1 aromatic carbocycles. The molecule has 1 fully saturated rings. The van der Waals surface area contributed by atoms with Gasteiger partial charge < -0.3 is 9.47 Å². The van der Waals surface area contributed by atoms with E-state index >= 15 is 0 Å². The van der Waals surface area contributed by atoms with Gasteiger partial charge in [-0.1, -0.05) is 29.7 Å². The van der Waals surface area contributed by atoms with E-state index in [9.17, 15) is 8.78 Å². The van der Waals surface area contributed by atoms with Crippen LogP contribution in [-0.2, 0) is 14.9 Å². The van der Waals surface area contributed by atoms with E-state index in [1.807, 2.05) is 0 Å². The number of halogens is 2. The first kappa shape index (κ1) is 12.5. The Balaban J connectivity index is 2.19. The number of benzene rings is 1. The summed E-state index contributed by atoms with van der Waals surface area (Å²) in [7, 11) is 7.07. The highest BCUT2D eigenvalue weighted by molar-refractivity contribution is 6.32. The third-order valence-corrected chi connectivity index (χ3v) is 3.09. The molecule has 1 unspecified atom stereocenters. The maximum atomic E-state index is 13.5. The summed E-state index contributed by atoms with van der Waals surface area (Å²) in [4.78, 5) is 0. The van der Waals surface area contributed by atoms with E-state index in [2.05, 4.69) is 0 Å². The van der Waals surface area contributed by atoms with Crippen LogP contribution in [0.15, 0.2) is 24.3 Å². The Morgan fingerprint density at radius 2 is 2.12 bits per heavy atom.